The van der Waals surface area contributed by atoms with Gasteiger partial charge >= 0.3 is 5.97 Å². The molecule has 0 atom stereocenters. The van der Waals surface area contributed by atoms with Gasteiger partial charge in [-0.15, -0.1) is 0 Å². The summed E-state index contributed by atoms with van der Waals surface area (Å²) in [4.78, 5) is 34.6. The normalized spacial score (nSPS) is 14.5. The Bertz CT molecular complexity index is 317. The number of amides is 2. The fourth-order valence-electron chi connectivity index (χ4n) is 1.46. The third kappa shape index (κ3) is 4.38. The second kappa shape index (κ2) is 6.83. The van der Waals surface area contributed by atoms with Gasteiger partial charge in [0.1, 0.15) is 0 Å². The SMILES string of the molecule is CCCCCOC(=O)CCN1C(=O)C=CC1=O. The Morgan fingerprint density at radius 2 is 1.88 bits per heavy atom. The lowest BCUT2D eigenvalue weighted by Crippen LogP contribution is -2.32. The lowest BCUT2D eigenvalue weighted by atomic mass is 10.3. The van der Waals surface area contributed by atoms with E-state index in [2.05, 4.69) is 6.92 Å². The number of ether oxygens (including phenoxy) is 1. The van der Waals surface area contributed by atoms with Crippen molar-refractivity contribution in [1.29, 1.82) is 0 Å². The molecule has 0 fully saturated rings. The van der Waals surface area contributed by atoms with Gasteiger partial charge in [-0.3, -0.25) is 19.3 Å². The van der Waals surface area contributed by atoms with Gasteiger partial charge in [-0.1, -0.05) is 19.8 Å². The maximum absolute atomic E-state index is 11.3. The van der Waals surface area contributed by atoms with Crippen molar-refractivity contribution in [3.63, 3.8) is 0 Å². The molecular weight excluding hydrogens is 222 g/mol. The van der Waals surface area contributed by atoms with E-state index < -0.39 is 0 Å². The monoisotopic (exact) mass is 239 g/mol. The van der Waals surface area contributed by atoms with E-state index in [4.69, 9.17) is 4.74 Å². The second-order valence-corrected chi connectivity index (χ2v) is 3.84. The molecule has 1 aliphatic rings. The third-order valence-electron chi connectivity index (χ3n) is 2.45. The first-order chi connectivity index (χ1) is 8.15. The van der Waals surface area contributed by atoms with E-state index in [1.165, 1.54) is 12.2 Å². The summed E-state index contributed by atoms with van der Waals surface area (Å²) < 4.78 is 4.97. The van der Waals surface area contributed by atoms with E-state index >= 15 is 0 Å². The second-order valence-electron chi connectivity index (χ2n) is 3.84. The van der Waals surface area contributed by atoms with Crippen molar-refractivity contribution in [1.82, 2.24) is 4.90 Å². The minimum absolute atomic E-state index is 0.0608. The van der Waals surface area contributed by atoms with Crippen LogP contribution in [0.1, 0.15) is 32.6 Å². The van der Waals surface area contributed by atoms with Crippen molar-refractivity contribution >= 4 is 17.8 Å². The molecule has 5 nitrogen and oxygen atoms in total. The number of nitrogens with zero attached hydrogens (tertiary/aromatic N) is 1. The Labute approximate surface area is 100 Å². The van der Waals surface area contributed by atoms with E-state index in [1.54, 1.807) is 0 Å². The van der Waals surface area contributed by atoms with E-state index in [0.29, 0.717) is 6.61 Å². The molecule has 5 heteroatoms. The number of carbonyl (C=O) groups excluding carboxylic acids is 3. The van der Waals surface area contributed by atoms with E-state index in [1.807, 2.05) is 0 Å². The van der Waals surface area contributed by atoms with Gasteiger partial charge in [-0.25, -0.2) is 0 Å². The van der Waals surface area contributed by atoms with Gasteiger partial charge in [0.05, 0.1) is 13.0 Å². The van der Waals surface area contributed by atoms with Crippen molar-refractivity contribution in [2.75, 3.05) is 13.2 Å². The molecule has 2 amide bonds. The number of esters is 1. The highest BCUT2D eigenvalue weighted by Crippen LogP contribution is 2.05. The van der Waals surface area contributed by atoms with Crippen molar-refractivity contribution in [2.45, 2.75) is 32.6 Å². The molecule has 0 unspecified atom stereocenters. The number of carbonyl (C=O) groups is 3. The minimum atomic E-state index is -0.367. The zero-order chi connectivity index (χ0) is 12.7. The van der Waals surface area contributed by atoms with Gasteiger partial charge in [0.2, 0.25) is 0 Å². The predicted octanol–water partition coefficient (Wildman–Crippen LogP) is 1.03. The van der Waals surface area contributed by atoms with E-state index in [-0.39, 0.29) is 30.7 Å². The van der Waals surface area contributed by atoms with Gasteiger partial charge in [-0.05, 0) is 6.42 Å². The summed E-state index contributed by atoms with van der Waals surface area (Å²) in [5, 5.41) is 0. The molecule has 94 valence electrons. The lowest BCUT2D eigenvalue weighted by Gasteiger charge is -2.12. The van der Waals surface area contributed by atoms with E-state index in [9.17, 15) is 14.4 Å². The van der Waals surface area contributed by atoms with Crippen LogP contribution in [0, 0.1) is 0 Å². The van der Waals surface area contributed by atoms with Gasteiger partial charge in [0.25, 0.3) is 11.8 Å². The number of imide groups is 1. The van der Waals surface area contributed by atoms with Crippen molar-refractivity contribution in [2.24, 2.45) is 0 Å². The molecule has 0 aromatic carbocycles. The summed E-state index contributed by atoms with van der Waals surface area (Å²) in [5.74, 6) is -1.10. The molecule has 1 rings (SSSR count). The van der Waals surface area contributed by atoms with Gasteiger partial charge < -0.3 is 4.74 Å². The summed E-state index contributed by atoms with van der Waals surface area (Å²) >= 11 is 0. The first-order valence-corrected chi connectivity index (χ1v) is 5.84. The van der Waals surface area contributed by atoms with Crippen LogP contribution < -0.4 is 0 Å². The molecule has 1 aliphatic heterocycles. The zero-order valence-electron chi connectivity index (χ0n) is 9.98. The molecule has 1 heterocycles. The van der Waals surface area contributed by atoms with Crippen LogP contribution in [0.2, 0.25) is 0 Å². The molecule has 0 aromatic rings. The van der Waals surface area contributed by atoms with Crippen LogP contribution in [-0.4, -0.2) is 35.8 Å². The first kappa shape index (κ1) is 13.4. The number of hydrogen-bond acceptors (Lipinski definition) is 4. The summed E-state index contributed by atoms with van der Waals surface area (Å²) in [7, 11) is 0. The van der Waals surface area contributed by atoms with Gasteiger partial charge in [0, 0.05) is 18.7 Å². The highest BCUT2D eigenvalue weighted by molar-refractivity contribution is 6.12. The zero-order valence-corrected chi connectivity index (χ0v) is 9.98. The maximum atomic E-state index is 11.3. The Morgan fingerprint density at radius 3 is 2.47 bits per heavy atom. The molecule has 0 N–H and O–H groups in total. The predicted molar refractivity (Wildman–Crippen MR) is 61.0 cm³/mol. The Hall–Kier alpha value is -1.65. The van der Waals surface area contributed by atoms with Crippen LogP contribution in [0.15, 0.2) is 12.2 Å². The van der Waals surface area contributed by atoms with Crippen LogP contribution in [0.25, 0.3) is 0 Å². The molecular formula is C12H17NO4. The summed E-state index contributed by atoms with van der Waals surface area (Å²) in [6.07, 6.45) is 5.42. The van der Waals surface area contributed by atoms with Crippen molar-refractivity contribution in [3.8, 4) is 0 Å². The number of rotatable bonds is 7. The first-order valence-electron chi connectivity index (χ1n) is 5.84. The number of unbranched alkanes of at least 4 members (excludes halogenated alkanes) is 2. The van der Waals surface area contributed by atoms with Crippen LogP contribution in [0.3, 0.4) is 0 Å². The molecule has 0 saturated carbocycles. The summed E-state index contributed by atoms with van der Waals surface area (Å²) in [6.45, 7) is 2.57. The van der Waals surface area contributed by atoms with E-state index in [0.717, 1.165) is 24.2 Å². The van der Waals surface area contributed by atoms with Crippen molar-refractivity contribution in [3.05, 3.63) is 12.2 Å². The molecule has 0 aromatic heterocycles. The van der Waals surface area contributed by atoms with Gasteiger partial charge in [0.15, 0.2) is 0 Å². The molecule has 0 radical (unpaired) electrons. The molecule has 17 heavy (non-hydrogen) atoms. The van der Waals surface area contributed by atoms with Crippen LogP contribution in [0.4, 0.5) is 0 Å². The van der Waals surface area contributed by atoms with Gasteiger partial charge in [-0.2, -0.15) is 0 Å². The average Bonchev–Trinajstić information content (AvgIpc) is 2.62. The fourth-order valence-corrected chi connectivity index (χ4v) is 1.46. The highest BCUT2D eigenvalue weighted by atomic mass is 16.5. The van der Waals surface area contributed by atoms with Crippen LogP contribution >= 0.6 is 0 Å². The van der Waals surface area contributed by atoms with Crippen LogP contribution in [0.5, 0.6) is 0 Å². The Balaban J connectivity index is 2.16. The largest absolute Gasteiger partial charge is 0.466 e. The summed E-state index contributed by atoms with van der Waals surface area (Å²) in [6, 6.07) is 0. The third-order valence-corrected chi connectivity index (χ3v) is 2.45. The van der Waals surface area contributed by atoms with Crippen molar-refractivity contribution < 1.29 is 19.1 Å². The maximum Gasteiger partial charge on any atom is 0.307 e. The quantitative estimate of drug-likeness (QED) is 0.378. The highest BCUT2D eigenvalue weighted by Gasteiger charge is 2.23. The smallest absolute Gasteiger partial charge is 0.307 e. The Kier molecular flexibility index (Phi) is 5.39. The lowest BCUT2D eigenvalue weighted by molar-refractivity contribution is -0.145. The standard InChI is InChI=1S/C12H17NO4/c1-2-3-4-9-17-12(16)7-8-13-10(14)5-6-11(13)15/h5-6H,2-4,7-9H2,1H3. The molecule has 0 bridgehead atoms. The summed E-state index contributed by atoms with van der Waals surface area (Å²) in [5.41, 5.74) is 0. The van der Waals surface area contributed by atoms with Crippen LogP contribution in [-0.2, 0) is 19.1 Å². The molecule has 0 aliphatic carbocycles. The molecule has 0 saturated heterocycles. The minimum Gasteiger partial charge on any atom is -0.466 e. The molecule has 0 spiro atoms. The number of hydrogen-bond donors (Lipinski definition) is 0. The Morgan fingerprint density at radius 1 is 1.24 bits per heavy atom. The topological polar surface area (TPSA) is 63.7 Å². The average molecular weight is 239 g/mol. The fraction of sp³-hybridized carbons (Fsp3) is 0.583.